The molecular formula is C18H21N3. The second kappa shape index (κ2) is 5.24. The van der Waals surface area contributed by atoms with E-state index in [-0.39, 0.29) is 0 Å². The van der Waals surface area contributed by atoms with Crippen LogP contribution in [0.3, 0.4) is 0 Å². The highest BCUT2D eigenvalue weighted by Gasteiger charge is 2.14. The van der Waals surface area contributed by atoms with Crippen LogP contribution in [0.2, 0.25) is 0 Å². The first-order valence-corrected chi connectivity index (χ1v) is 7.43. The van der Waals surface area contributed by atoms with Crippen LogP contribution in [0, 0.1) is 13.8 Å². The number of fused-ring (bicyclic) bond motifs is 1. The first-order valence-electron chi connectivity index (χ1n) is 7.43. The van der Waals surface area contributed by atoms with Crippen molar-refractivity contribution >= 4 is 16.7 Å². The first-order chi connectivity index (χ1) is 10.1. The van der Waals surface area contributed by atoms with Gasteiger partial charge in [0.2, 0.25) is 0 Å². The highest BCUT2D eigenvalue weighted by Crippen LogP contribution is 2.30. The molecule has 0 aliphatic rings. The van der Waals surface area contributed by atoms with Gasteiger partial charge in [0, 0.05) is 17.8 Å². The molecule has 2 N–H and O–H groups in total. The number of imidazole rings is 1. The molecule has 1 heterocycles. The Bertz CT molecular complexity index is 800. The minimum Gasteiger partial charge on any atom is -0.398 e. The molecule has 21 heavy (non-hydrogen) atoms. The average molecular weight is 279 g/mol. The second-order valence-corrected chi connectivity index (χ2v) is 5.67. The Labute approximate surface area is 125 Å². The van der Waals surface area contributed by atoms with Gasteiger partial charge in [0.05, 0.1) is 11.0 Å². The molecule has 3 aromatic rings. The zero-order valence-corrected chi connectivity index (χ0v) is 12.9. The number of benzene rings is 2. The third-order valence-electron chi connectivity index (χ3n) is 3.80. The van der Waals surface area contributed by atoms with Crippen molar-refractivity contribution in [3.63, 3.8) is 0 Å². The quantitative estimate of drug-likeness (QED) is 0.726. The number of nitrogen functional groups attached to an aromatic ring is 1. The van der Waals surface area contributed by atoms with E-state index >= 15 is 0 Å². The van der Waals surface area contributed by atoms with Crippen LogP contribution in [-0.4, -0.2) is 9.55 Å². The van der Waals surface area contributed by atoms with Crippen molar-refractivity contribution in [1.29, 1.82) is 0 Å². The van der Waals surface area contributed by atoms with Crippen LogP contribution < -0.4 is 5.73 Å². The standard InChI is InChI=1S/C18H21N3/c1-4-9-21-17-8-6-13(3)11-16(17)20-18(21)14-10-12(2)5-7-15(14)19/h5-8,10-11H,4,9,19H2,1-3H3. The van der Waals surface area contributed by atoms with E-state index < -0.39 is 0 Å². The van der Waals surface area contributed by atoms with Crippen molar-refractivity contribution in [3.8, 4) is 11.4 Å². The number of nitrogens with two attached hydrogens (primary N) is 1. The van der Waals surface area contributed by atoms with Crippen LogP contribution in [0.5, 0.6) is 0 Å². The van der Waals surface area contributed by atoms with Gasteiger partial charge in [-0.05, 0) is 50.1 Å². The highest BCUT2D eigenvalue weighted by atomic mass is 15.1. The molecular weight excluding hydrogens is 258 g/mol. The topological polar surface area (TPSA) is 43.8 Å². The molecule has 108 valence electrons. The van der Waals surface area contributed by atoms with Crippen molar-refractivity contribution in [2.75, 3.05) is 5.73 Å². The van der Waals surface area contributed by atoms with Gasteiger partial charge in [0.15, 0.2) is 0 Å². The Hall–Kier alpha value is -2.29. The summed E-state index contributed by atoms with van der Waals surface area (Å²) in [5, 5.41) is 0. The van der Waals surface area contributed by atoms with Crippen LogP contribution in [0.1, 0.15) is 24.5 Å². The fraction of sp³-hybridized carbons (Fsp3) is 0.278. The third-order valence-corrected chi connectivity index (χ3v) is 3.80. The van der Waals surface area contributed by atoms with Crippen LogP contribution >= 0.6 is 0 Å². The van der Waals surface area contributed by atoms with Gasteiger partial charge in [-0.1, -0.05) is 24.6 Å². The molecule has 0 amide bonds. The fourth-order valence-corrected chi connectivity index (χ4v) is 2.76. The van der Waals surface area contributed by atoms with Gasteiger partial charge in [-0.3, -0.25) is 0 Å². The molecule has 3 heteroatoms. The summed E-state index contributed by atoms with van der Waals surface area (Å²) in [6.07, 6.45) is 1.07. The number of aryl methyl sites for hydroxylation is 3. The van der Waals surface area contributed by atoms with Gasteiger partial charge >= 0.3 is 0 Å². The summed E-state index contributed by atoms with van der Waals surface area (Å²) in [7, 11) is 0. The average Bonchev–Trinajstić information content (AvgIpc) is 2.80. The summed E-state index contributed by atoms with van der Waals surface area (Å²) in [5.41, 5.74) is 12.6. The van der Waals surface area contributed by atoms with Crippen LogP contribution in [-0.2, 0) is 6.54 Å². The summed E-state index contributed by atoms with van der Waals surface area (Å²) >= 11 is 0. The zero-order valence-electron chi connectivity index (χ0n) is 12.9. The van der Waals surface area contributed by atoms with Crippen LogP contribution in [0.4, 0.5) is 5.69 Å². The number of nitrogens with zero attached hydrogens (tertiary/aromatic N) is 2. The van der Waals surface area contributed by atoms with Crippen LogP contribution in [0.25, 0.3) is 22.4 Å². The molecule has 0 aliphatic heterocycles. The molecule has 1 aromatic heterocycles. The maximum atomic E-state index is 6.18. The maximum Gasteiger partial charge on any atom is 0.143 e. The molecule has 0 bridgehead atoms. The molecule has 0 fully saturated rings. The molecule has 0 unspecified atom stereocenters. The SMILES string of the molecule is CCCn1c(-c2cc(C)ccc2N)nc2cc(C)ccc21. The van der Waals surface area contributed by atoms with Gasteiger partial charge in [-0.2, -0.15) is 0 Å². The van der Waals surface area contributed by atoms with E-state index in [4.69, 9.17) is 10.7 Å². The fourth-order valence-electron chi connectivity index (χ4n) is 2.76. The lowest BCUT2D eigenvalue weighted by atomic mass is 10.1. The summed E-state index contributed by atoms with van der Waals surface area (Å²) in [5.74, 6) is 0.971. The van der Waals surface area contributed by atoms with Gasteiger partial charge in [0.25, 0.3) is 0 Å². The predicted molar refractivity (Wildman–Crippen MR) is 89.3 cm³/mol. The van der Waals surface area contributed by atoms with Gasteiger partial charge in [0.1, 0.15) is 5.82 Å². The van der Waals surface area contributed by atoms with Crippen molar-refractivity contribution in [3.05, 3.63) is 47.5 Å². The molecule has 0 saturated carbocycles. The van der Waals surface area contributed by atoms with Crippen molar-refractivity contribution in [1.82, 2.24) is 9.55 Å². The second-order valence-electron chi connectivity index (χ2n) is 5.67. The van der Waals surface area contributed by atoms with E-state index in [1.54, 1.807) is 0 Å². The number of hydrogen-bond donors (Lipinski definition) is 1. The van der Waals surface area contributed by atoms with Gasteiger partial charge in [-0.15, -0.1) is 0 Å². The van der Waals surface area contributed by atoms with E-state index in [0.29, 0.717) is 0 Å². The molecule has 0 saturated heterocycles. The van der Waals surface area contributed by atoms with E-state index in [2.05, 4.69) is 49.6 Å². The predicted octanol–water partition coefficient (Wildman–Crippen LogP) is 4.31. The highest BCUT2D eigenvalue weighted by molar-refractivity contribution is 5.84. The maximum absolute atomic E-state index is 6.18. The summed E-state index contributed by atoms with van der Waals surface area (Å²) in [4.78, 5) is 4.85. The molecule has 0 aliphatic carbocycles. The number of aromatic nitrogens is 2. The first kappa shape index (κ1) is 13.7. The third kappa shape index (κ3) is 2.40. The zero-order chi connectivity index (χ0) is 15.0. The minimum absolute atomic E-state index is 0.782. The molecule has 2 aromatic carbocycles. The molecule has 3 nitrogen and oxygen atoms in total. The number of hydrogen-bond acceptors (Lipinski definition) is 2. The van der Waals surface area contributed by atoms with Crippen molar-refractivity contribution in [2.24, 2.45) is 0 Å². The van der Waals surface area contributed by atoms with E-state index in [1.165, 1.54) is 16.6 Å². The van der Waals surface area contributed by atoms with Gasteiger partial charge < -0.3 is 10.3 Å². The Morgan fingerprint density at radius 2 is 1.76 bits per heavy atom. The Morgan fingerprint density at radius 3 is 2.52 bits per heavy atom. The largest absolute Gasteiger partial charge is 0.398 e. The van der Waals surface area contributed by atoms with E-state index in [0.717, 1.165) is 35.6 Å². The van der Waals surface area contributed by atoms with Crippen LogP contribution in [0.15, 0.2) is 36.4 Å². The monoisotopic (exact) mass is 279 g/mol. The summed E-state index contributed by atoms with van der Waals surface area (Å²) in [6, 6.07) is 12.6. The van der Waals surface area contributed by atoms with E-state index in [9.17, 15) is 0 Å². The minimum atomic E-state index is 0.782. The number of rotatable bonds is 3. The Kier molecular flexibility index (Phi) is 3.42. The Morgan fingerprint density at radius 1 is 1.05 bits per heavy atom. The van der Waals surface area contributed by atoms with Crippen molar-refractivity contribution in [2.45, 2.75) is 33.7 Å². The lowest BCUT2D eigenvalue weighted by Crippen LogP contribution is -2.02. The molecule has 0 spiro atoms. The molecule has 0 atom stereocenters. The molecule has 3 rings (SSSR count). The van der Waals surface area contributed by atoms with Crippen molar-refractivity contribution < 1.29 is 0 Å². The molecule has 0 radical (unpaired) electrons. The Balaban J connectivity index is 2.30. The lowest BCUT2D eigenvalue weighted by molar-refractivity contribution is 0.704. The van der Waals surface area contributed by atoms with E-state index in [1.807, 2.05) is 12.1 Å². The summed E-state index contributed by atoms with van der Waals surface area (Å²) < 4.78 is 2.28. The summed E-state index contributed by atoms with van der Waals surface area (Å²) in [6.45, 7) is 7.31. The number of anilines is 1. The lowest BCUT2D eigenvalue weighted by Gasteiger charge is -2.10. The normalized spacial score (nSPS) is 11.2. The smallest absolute Gasteiger partial charge is 0.143 e. The van der Waals surface area contributed by atoms with Gasteiger partial charge in [-0.25, -0.2) is 4.98 Å².